The molecule has 0 unspecified atom stereocenters. The van der Waals surface area contributed by atoms with E-state index in [1.807, 2.05) is 6.26 Å². The van der Waals surface area contributed by atoms with E-state index in [0.717, 1.165) is 18.6 Å². The maximum Gasteiger partial charge on any atom is 0.180 e. The van der Waals surface area contributed by atoms with Crippen molar-refractivity contribution in [1.29, 1.82) is 0 Å². The molecule has 4 heteroatoms. The van der Waals surface area contributed by atoms with Crippen LogP contribution in [0.5, 0.6) is 0 Å². The number of hydrogen-bond acceptors (Lipinski definition) is 3. The lowest BCUT2D eigenvalue weighted by Crippen LogP contribution is -2.04. The Morgan fingerprint density at radius 2 is 1.82 bits per heavy atom. The van der Waals surface area contributed by atoms with E-state index in [2.05, 4.69) is 24.1 Å². The van der Waals surface area contributed by atoms with Crippen molar-refractivity contribution in [3.63, 3.8) is 0 Å². The first kappa shape index (κ1) is 10.5. The molecule has 64 valence electrons. The molecule has 0 atom stereocenters. The molecular weight excluding hydrogens is 158 g/mol. The van der Waals surface area contributed by atoms with E-state index in [-0.39, 0.29) is 0 Å². The predicted molar refractivity (Wildman–Crippen MR) is 53.2 cm³/mol. The fourth-order valence-corrected chi connectivity index (χ4v) is 0.675. The molecular formula is C7H15N3S. The highest BCUT2D eigenvalue weighted by Crippen LogP contribution is 1.95. The van der Waals surface area contributed by atoms with Gasteiger partial charge in [-0.15, -0.1) is 5.10 Å². The van der Waals surface area contributed by atoms with Gasteiger partial charge in [-0.3, -0.25) is 0 Å². The van der Waals surface area contributed by atoms with Crippen molar-refractivity contribution >= 4 is 22.6 Å². The molecule has 0 aliphatic rings. The Morgan fingerprint density at radius 3 is 2.18 bits per heavy atom. The van der Waals surface area contributed by atoms with Crippen LogP contribution in [-0.2, 0) is 0 Å². The van der Waals surface area contributed by atoms with Gasteiger partial charge in [-0.2, -0.15) is 5.10 Å². The van der Waals surface area contributed by atoms with E-state index in [1.54, 1.807) is 0 Å². The third kappa shape index (κ3) is 4.84. The molecule has 3 nitrogen and oxygen atoms in total. The molecule has 11 heavy (non-hydrogen) atoms. The minimum Gasteiger partial charge on any atom is -0.377 e. The third-order valence-electron chi connectivity index (χ3n) is 1.32. The zero-order valence-corrected chi connectivity index (χ0v) is 8.11. The van der Waals surface area contributed by atoms with Crippen molar-refractivity contribution in [2.75, 3.05) is 6.26 Å². The molecule has 0 saturated heterocycles. The van der Waals surface area contributed by atoms with E-state index < -0.39 is 0 Å². The van der Waals surface area contributed by atoms with Gasteiger partial charge in [0.1, 0.15) is 0 Å². The molecule has 0 rings (SSSR count). The van der Waals surface area contributed by atoms with Crippen LogP contribution in [0.2, 0.25) is 0 Å². The molecule has 0 fully saturated rings. The van der Waals surface area contributed by atoms with Gasteiger partial charge in [0.2, 0.25) is 0 Å². The molecule has 0 aliphatic carbocycles. The predicted octanol–water partition coefficient (Wildman–Crippen LogP) is 1.84. The summed E-state index contributed by atoms with van der Waals surface area (Å²) in [6.45, 7) is 4.13. The smallest absolute Gasteiger partial charge is 0.180 e. The normalized spacial score (nSPS) is 11.4. The number of nitrogens with zero attached hydrogens (tertiary/aromatic N) is 2. The number of thioether (sulfide) groups is 1. The van der Waals surface area contributed by atoms with Crippen molar-refractivity contribution < 1.29 is 0 Å². The monoisotopic (exact) mass is 173 g/mol. The minimum absolute atomic E-state index is 0.518. The van der Waals surface area contributed by atoms with Gasteiger partial charge in [-0.05, 0) is 19.1 Å². The largest absolute Gasteiger partial charge is 0.377 e. The Labute approximate surface area is 72.2 Å². The summed E-state index contributed by atoms with van der Waals surface area (Å²) in [6, 6.07) is 0. The van der Waals surface area contributed by atoms with Crippen LogP contribution >= 0.6 is 11.8 Å². The van der Waals surface area contributed by atoms with Crippen molar-refractivity contribution in [1.82, 2.24) is 0 Å². The molecule has 2 N–H and O–H groups in total. The molecule has 0 bridgehead atoms. The summed E-state index contributed by atoms with van der Waals surface area (Å²) < 4.78 is 0. The van der Waals surface area contributed by atoms with E-state index in [9.17, 15) is 0 Å². The summed E-state index contributed by atoms with van der Waals surface area (Å²) in [5, 5.41) is 8.34. The van der Waals surface area contributed by atoms with Crippen molar-refractivity contribution in [2.45, 2.75) is 26.7 Å². The Balaban J connectivity index is 4.06. The fourth-order valence-electron chi connectivity index (χ4n) is 0.552. The number of hydrogen-bond donors (Lipinski definition) is 1. The van der Waals surface area contributed by atoms with Gasteiger partial charge in [0.05, 0.1) is 0 Å². The summed E-state index contributed by atoms with van der Waals surface area (Å²) in [7, 11) is 0. The highest BCUT2D eigenvalue weighted by molar-refractivity contribution is 8.13. The van der Waals surface area contributed by atoms with E-state index in [0.29, 0.717) is 5.17 Å². The Kier molecular flexibility index (Phi) is 5.93. The van der Waals surface area contributed by atoms with Gasteiger partial charge in [0, 0.05) is 5.71 Å². The van der Waals surface area contributed by atoms with Crippen molar-refractivity contribution in [3.8, 4) is 0 Å². The molecule has 0 aliphatic heterocycles. The summed E-state index contributed by atoms with van der Waals surface area (Å²) in [4.78, 5) is 0. The first-order valence-electron chi connectivity index (χ1n) is 3.67. The summed E-state index contributed by atoms with van der Waals surface area (Å²) in [5.74, 6) is 0. The second-order valence-corrected chi connectivity index (χ2v) is 2.84. The van der Waals surface area contributed by atoms with Crippen molar-refractivity contribution in [3.05, 3.63) is 0 Å². The zero-order chi connectivity index (χ0) is 8.69. The van der Waals surface area contributed by atoms with Gasteiger partial charge >= 0.3 is 0 Å². The average Bonchev–Trinajstić information content (AvgIpc) is 2.06. The standard InChI is InChI=1S/C7H15N3S/c1-4-6(5-2)9-10-7(8)11-3/h4-5H2,1-3H3,(H2,8,10). The number of rotatable bonds is 3. The van der Waals surface area contributed by atoms with Crippen molar-refractivity contribution in [2.24, 2.45) is 15.9 Å². The van der Waals surface area contributed by atoms with Gasteiger partial charge in [0.25, 0.3) is 0 Å². The Morgan fingerprint density at radius 1 is 1.27 bits per heavy atom. The van der Waals surface area contributed by atoms with Crippen LogP contribution in [0.4, 0.5) is 0 Å². The summed E-state index contributed by atoms with van der Waals surface area (Å²) in [5.41, 5.74) is 6.52. The molecule has 0 aromatic heterocycles. The molecule has 0 spiro atoms. The number of nitrogens with two attached hydrogens (primary N) is 1. The molecule has 0 radical (unpaired) electrons. The Hall–Kier alpha value is -0.510. The highest BCUT2D eigenvalue weighted by Gasteiger charge is 1.90. The third-order valence-corrected chi connectivity index (χ3v) is 1.82. The topological polar surface area (TPSA) is 50.7 Å². The quantitative estimate of drug-likeness (QED) is 0.402. The SMILES string of the molecule is CCC(CC)=N/N=C(\N)SC. The lowest BCUT2D eigenvalue weighted by molar-refractivity contribution is 1.09. The summed E-state index contributed by atoms with van der Waals surface area (Å²) in [6.07, 6.45) is 3.77. The zero-order valence-electron chi connectivity index (χ0n) is 7.29. The summed E-state index contributed by atoms with van der Waals surface area (Å²) >= 11 is 1.41. The van der Waals surface area contributed by atoms with Crippen LogP contribution in [-0.4, -0.2) is 17.1 Å². The maximum absolute atomic E-state index is 5.44. The maximum atomic E-state index is 5.44. The number of amidine groups is 1. The second-order valence-electron chi connectivity index (χ2n) is 2.02. The van der Waals surface area contributed by atoms with Crippen LogP contribution in [0, 0.1) is 0 Å². The molecule has 0 saturated carbocycles. The van der Waals surface area contributed by atoms with E-state index >= 15 is 0 Å². The second kappa shape index (κ2) is 6.22. The lowest BCUT2D eigenvalue weighted by Gasteiger charge is -1.94. The van der Waals surface area contributed by atoms with Crippen LogP contribution in [0.15, 0.2) is 10.2 Å². The van der Waals surface area contributed by atoms with Gasteiger partial charge in [-0.25, -0.2) is 0 Å². The van der Waals surface area contributed by atoms with E-state index in [4.69, 9.17) is 5.73 Å². The van der Waals surface area contributed by atoms with Crippen LogP contribution in [0.3, 0.4) is 0 Å². The first-order valence-corrected chi connectivity index (χ1v) is 4.89. The van der Waals surface area contributed by atoms with E-state index in [1.165, 1.54) is 11.8 Å². The van der Waals surface area contributed by atoms with Crippen LogP contribution in [0.1, 0.15) is 26.7 Å². The minimum atomic E-state index is 0.518. The first-order chi connectivity index (χ1) is 5.24. The van der Waals surface area contributed by atoms with Crippen LogP contribution in [0.25, 0.3) is 0 Å². The van der Waals surface area contributed by atoms with Gasteiger partial charge in [0.15, 0.2) is 5.17 Å². The molecule has 0 aromatic carbocycles. The van der Waals surface area contributed by atoms with Gasteiger partial charge < -0.3 is 5.73 Å². The molecule has 0 aromatic rings. The highest BCUT2D eigenvalue weighted by atomic mass is 32.2. The fraction of sp³-hybridized carbons (Fsp3) is 0.714. The van der Waals surface area contributed by atoms with Gasteiger partial charge in [-0.1, -0.05) is 25.6 Å². The molecule has 0 heterocycles. The average molecular weight is 173 g/mol. The lowest BCUT2D eigenvalue weighted by atomic mass is 10.2. The molecule has 0 amide bonds. The Bertz CT molecular complexity index is 157. The van der Waals surface area contributed by atoms with Crippen LogP contribution < -0.4 is 5.73 Å².